The van der Waals surface area contributed by atoms with Crippen molar-refractivity contribution in [2.24, 2.45) is 0 Å². The van der Waals surface area contributed by atoms with Gasteiger partial charge in [0.2, 0.25) is 5.91 Å². The van der Waals surface area contributed by atoms with Gasteiger partial charge in [-0.25, -0.2) is 0 Å². The molecule has 0 unspecified atom stereocenters. The van der Waals surface area contributed by atoms with Crippen LogP contribution in [0.2, 0.25) is 0 Å². The third-order valence-electron chi connectivity index (χ3n) is 5.37. The number of alkyl halides is 3. The van der Waals surface area contributed by atoms with Crippen LogP contribution in [-0.2, 0) is 11.0 Å². The fraction of sp³-hybridized carbons (Fsp3) is 0.261. The molecule has 0 aliphatic carbocycles. The van der Waals surface area contributed by atoms with Gasteiger partial charge in [-0.05, 0) is 18.2 Å². The average molecular weight is 458 g/mol. The quantitative estimate of drug-likeness (QED) is 0.634. The van der Waals surface area contributed by atoms with E-state index < -0.39 is 17.6 Å². The van der Waals surface area contributed by atoms with Crippen LogP contribution in [0.15, 0.2) is 65.2 Å². The van der Waals surface area contributed by atoms with Crippen LogP contribution in [-0.4, -0.2) is 54.6 Å². The Morgan fingerprint density at radius 1 is 0.970 bits per heavy atom. The maximum Gasteiger partial charge on any atom is 0.416 e. The molecule has 2 heterocycles. The molecule has 1 aliphatic heterocycles. The molecule has 3 aromatic rings. The lowest BCUT2D eigenvalue weighted by Crippen LogP contribution is -2.51. The van der Waals surface area contributed by atoms with Gasteiger partial charge in [0.25, 0.3) is 5.91 Å². The highest BCUT2D eigenvalue weighted by Crippen LogP contribution is 2.31. The van der Waals surface area contributed by atoms with Crippen molar-refractivity contribution in [2.45, 2.75) is 6.18 Å². The second kappa shape index (κ2) is 9.35. The van der Waals surface area contributed by atoms with Gasteiger partial charge in [0.05, 0.1) is 12.1 Å². The molecule has 2 amide bonds. The summed E-state index contributed by atoms with van der Waals surface area (Å²) in [5.74, 6) is -0.367. The molecular weight excluding hydrogens is 437 g/mol. The van der Waals surface area contributed by atoms with Crippen molar-refractivity contribution in [2.75, 3.05) is 37.6 Å². The van der Waals surface area contributed by atoms with E-state index in [4.69, 9.17) is 4.52 Å². The largest absolute Gasteiger partial charge is 0.416 e. The summed E-state index contributed by atoms with van der Waals surface area (Å²) in [5.41, 5.74) is 0.602. The van der Waals surface area contributed by atoms with E-state index in [1.54, 1.807) is 15.9 Å². The number of piperazine rings is 1. The van der Waals surface area contributed by atoms with E-state index in [0.29, 0.717) is 37.6 Å². The third-order valence-corrected chi connectivity index (χ3v) is 5.37. The molecule has 0 saturated carbocycles. The van der Waals surface area contributed by atoms with Crippen LogP contribution in [0.25, 0.3) is 11.3 Å². The van der Waals surface area contributed by atoms with Crippen molar-refractivity contribution >= 4 is 17.5 Å². The average Bonchev–Trinajstić information content (AvgIpc) is 3.33. The number of hydrogen-bond acceptors (Lipinski definition) is 5. The van der Waals surface area contributed by atoms with E-state index >= 15 is 0 Å². The molecule has 0 spiro atoms. The van der Waals surface area contributed by atoms with Crippen LogP contribution < -0.4 is 10.2 Å². The molecule has 1 saturated heterocycles. The number of carbonyl (C=O) groups is 2. The molecule has 1 aromatic heterocycles. The zero-order valence-electron chi connectivity index (χ0n) is 17.5. The highest BCUT2D eigenvalue weighted by atomic mass is 19.4. The van der Waals surface area contributed by atoms with E-state index in [9.17, 15) is 22.8 Å². The monoisotopic (exact) mass is 458 g/mol. The lowest BCUT2D eigenvalue weighted by Gasteiger charge is -2.36. The molecule has 1 fully saturated rings. The minimum atomic E-state index is -4.41. The van der Waals surface area contributed by atoms with Crippen molar-refractivity contribution < 1.29 is 27.3 Å². The minimum absolute atomic E-state index is 0.0658. The van der Waals surface area contributed by atoms with Gasteiger partial charge in [0.1, 0.15) is 0 Å². The van der Waals surface area contributed by atoms with Crippen molar-refractivity contribution in [3.63, 3.8) is 0 Å². The summed E-state index contributed by atoms with van der Waals surface area (Å²) < 4.78 is 44.0. The van der Waals surface area contributed by atoms with Crippen molar-refractivity contribution in [1.82, 2.24) is 15.4 Å². The van der Waals surface area contributed by atoms with Gasteiger partial charge in [-0.15, -0.1) is 0 Å². The number of nitrogens with zero attached hydrogens (tertiary/aromatic N) is 3. The molecule has 4 rings (SSSR count). The lowest BCUT2D eigenvalue weighted by molar-refractivity contribution is -0.137. The number of benzene rings is 2. The second-order valence-corrected chi connectivity index (χ2v) is 7.54. The molecule has 1 N–H and O–H groups in total. The zero-order valence-corrected chi connectivity index (χ0v) is 17.5. The number of nitrogens with one attached hydrogen (secondary N) is 1. The standard InChI is InChI=1S/C23H21F3N4O3/c24-23(25,26)17-7-4-8-18(13-17)29-9-11-30(12-10-29)21(31)15-27-22(32)19-14-20(33-28-19)16-5-2-1-3-6-16/h1-8,13-14H,9-12,15H2,(H,27,32). The number of hydrogen-bond donors (Lipinski definition) is 1. The summed E-state index contributed by atoms with van der Waals surface area (Å²) in [6, 6.07) is 15.8. The summed E-state index contributed by atoms with van der Waals surface area (Å²) in [5, 5.41) is 6.29. The number of amides is 2. The third kappa shape index (κ3) is 5.33. The molecule has 1 aliphatic rings. The number of aromatic nitrogens is 1. The molecule has 33 heavy (non-hydrogen) atoms. The minimum Gasteiger partial charge on any atom is -0.368 e. The Morgan fingerprint density at radius 2 is 1.70 bits per heavy atom. The van der Waals surface area contributed by atoms with Crippen LogP contribution in [0.1, 0.15) is 16.1 Å². The predicted octanol–water partition coefficient (Wildman–Crippen LogP) is 3.44. The van der Waals surface area contributed by atoms with Gasteiger partial charge < -0.3 is 19.6 Å². The Morgan fingerprint density at radius 3 is 2.39 bits per heavy atom. The maximum atomic E-state index is 12.9. The van der Waals surface area contributed by atoms with Crippen LogP contribution in [0, 0.1) is 0 Å². The van der Waals surface area contributed by atoms with Crippen LogP contribution in [0.3, 0.4) is 0 Å². The van der Waals surface area contributed by atoms with E-state index in [-0.39, 0.29) is 18.1 Å². The van der Waals surface area contributed by atoms with Crippen molar-refractivity contribution in [1.29, 1.82) is 0 Å². The highest BCUT2D eigenvalue weighted by Gasteiger charge is 2.31. The van der Waals surface area contributed by atoms with Crippen LogP contribution in [0.5, 0.6) is 0 Å². The summed E-state index contributed by atoms with van der Waals surface area (Å²) in [7, 11) is 0. The summed E-state index contributed by atoms with van der Waals surface area (Å²) in [6.07, 6.45) is -4.41. The first-order chi connectivity index (χ1) is 15.8. The van der Waals surface area contributed by atoms with Crippen LogP contribution >= 0.6 is 0 Å². The Labute approximate surface area is 187 Å². The zero-order chi connectivity index (χ0) is 23.4. The lowest BCUT2D eigenvalue weighted by atomic mass is 10.1. The second-order valence-electron chi connectivity index (χ2n) is 7.54. The molecule has 7 nitrogen and oxygen atoms in total. The Hall–Kier alpha value is -3.82. The Kier molecular flexibility index (Phi) is 6.34. The normalized spacial score (nSPS) is 14.3. The predicted molar refractivity (Wildman–Crippen MR) is 115 cm³/mol. The Bertz CT molecular complexity index is 1120. The van der Waals surface area contributed by atoms with Gasteiger partial charge >= 0.3 is 6.18 Å². The molecule has 2 aromatic carbocycles. The van der Waals surface area contributed by atoms with Gasteiger partial charge in [0.15, 0.2) is 11.5 Å². The fourth-order valence-corrected chi connectivity index (χ4v) is 3.57. The molecule has 0 bridgehead atoms. The highest BCUT2D eigenvalue weighted by molar-refractivity contribution is 5.95. The molecule has 172 valence electrons. The number of carbonyl (C=O) groups excluding carboxylic acids is 2. The van der Waals surface area contributed by atoms with E-state index in [1.165, 1.54) is 12.1 Å². The van der Waals surface area contributed by atoms with E-state index in [0.717, 1.165) is 17.7 Å². The van der Waals surface area contributed by atoms with Gasteiger partial charge in [-0.3, -0.25) is 9.59 Å². The first-order valence-corrected chi connectivity index (χ1v) is 10.3. The van der Waals surface area contributed by atoms with Gasteiger partial charge in [-0.2, -0.15) is 13.2 Å². The number of halogens is 3. The molecular formula is C23H21F3N4O3. The topological polar surface area (TPSA) is 78.7 Å². The first-order valence-electron chi connectivity index (χ1n) is 10.3. The molecule has 0 atom stereocenters. The van der Waals surface area contributed by atoms with Crippen molar-refractivity contribution in [3.8, 4) is 11.3 Å². The maximum absolute atomic E-state index is 12.9. The SMILES string of the molecule is O=C(NCC(=O)N1CCN(c2cccc(C(F)(F)F)c2)CC1)c1cc(-c2ccccc2)on1. The summed E-state index contributed by atoms with van der Waals surface area (Å²) in [6.45, 7) is 1.26. The Balaban J connectivity index is 1.28. The van der Waals surface area contributed by atoms with Crippen molar-refractivity contribution in [3.05, 3.63) is 71.9 Å². The van der Waals surface area contributed by atoms with Gasteiger partial charge in [0, 0.05) is 43.5 Å². The fourth-order valence-electron chi connectivity index (χ4n) is 3.57. The van der Waals surface area contributed by atoms with Crippen LogP contribution in [0.4, 0.5) is 18.9 Å². The summed E-state index contributed by atoms with van der Waals surface area (Å²) in [4.78, 5) is 28.2. The molecule has 0 radical (unpaired) electrons. The van der Waals surface area contributed by atoms with E-state index in [2.05, 4.69) is 10.5 Å². The number of anilines is 1. The van der Waals surface area contributed by atoms with Gasteiger partial charge in [-0.1, -0.05) is 41.6 Å². The smallest absolute Gasteiger partial charge is 0.368 e. The number of rotatable bonds is 5. The molecule has 10 heteroatoms. The van der Waals surface area contributed by atoms with E-state index in [1.807, 2.05) is 30.3 Å². The first kappa shape index (κ1) is 22.4. The summed E-state index contributed by atoms with van der Waals surface area (Å²) >= 11 is 0.